The average Bonchev–Trinajstić information content (AvgIpc) is 2.82. The van der Waals surface area contributed by atoms with Crippen molar-refractivity contribution in [2.45, 2.75) is 58.8 Å². The predicted molar refractivity (Wildman–Crippen MR) is 130 cm³/mol. The van der Waals surface area contributed by atoms with E-state index in [1.54, 1.807) is 18.2 Å². The molecule has 0 heterocycles. The van der Waals surface area contributed by atoms with Crippen LogP contribution in [0.25, 0.3) is 6.08 Å². The Hall–Kier alpha value is -3.14. The van der Waals surface area contributed by atoms with Crippen molar-refractivity contribution in [2.75, 3.05) is 6.61 Å². The van der Waals surface area contributed by atoms with Crippen LogP contribution in [0.3, 0.4) is 0 Å². The van der Waals surface area contributed by atoms with E-state index < -0.39 is 11.8 Å². The van der Waals surface area contributed by atoms with E-state index in [0.717, 1.165) is 30.8 Å². The van der Waals surface area contributed by atoms with Crippen molar-refractivity contribution in [3.8, 4) is 11.5 Å². The summed E-state index contributed by atoms with van der Waals surface area (Å²) in [6.45, 7) is 7.19. The molecule has 2 aromatic rings. The molecule has 4 nitrogen and oxygen atoms in total. The summed E-state index contributed by atoms with van der Waals surface area (Å²) in [5.74, 6) is 0.0607. The molecule has 32 heavy (non-hydrogen) atoms. The van der Waals surface area contributed by atoms with Crippen LogP contribution in [0.4, 0.5) is 0 Å². The van der Waals surface area contributed by atoms with Crippen LogP contribution < -0.4 is 9.47 Å². The number of esters is 1. The van der Waals surface area contributed by atoms with Gasteiger partial charge in [0, 0.05) is 0 Å². The zero-order valence-electron chi connectivity index (χ0n) is 19.4. The lowest BCUT2D eigenvalue weighted by Crippen LogP contribution is -2.18. The molecule has 0 spiro atoms. The third-order valence-electron chi connectivity index (χ3n) is 5.27. The van der Waals surface area contributed by atoms with Crippen LogP contribution in [0.5, 0.6) is 11.5 Å². The largest absolute Gasteiger partial charge is 0.494 e. The van der Waals surface area contributed by atoms with Crippen LogP contribution in [-0.2, 0) is 9.59 Å². The lowest BCUT2D eigenvalue weighted by atomic mass is 9.99. The summed E-state index contributed by atoms with van der Waals surface area (Å²) in [5, 5.41) is 0. The molecule has 0 N–H and O–H groups in total. The number of hydrogen-bond acceptors (Lipinski definition) is 4. The van der Waals surface area contributed by atoms with Crippen molar-refractivity contribution in [3.05, 3.63) is 77.9 Å². The minimum atomic E-state index is -0.897. The summed E-state index contributed by atoms with van der Waals surface area (Å²) in [6, 6.07) is 15.0. The Balaban J connectivity index is 1.77. The van der Waals surface area contributed by atoms with E-state index in [1.165, 1.54) is 37.0 Å². The number of allylic oxidation sites excluding steroid dienone is 2. The first kappa shape index (κ1) is 25.1. The second-order valence-electron chi connectivity index (χ2n) is 7.83. The fourth-order valence-electron chi connectivity index (χ4n) is 3.03. The van der Waals surface area contributed by atoms with Crippen molar-refractivity contribution in [3.63, 3.8) is 0 Å². The quantitative estimate of drug-likeness (QED) is 0.0859. The first-order valence-corrected chi connectivity index (χ1v) is 11.5. The van der Waals surface area contributed by atoms with Crippen LogP contribution in [0.15, 0.2) is 66.8 Å². The lowest BCUT2D eigenvalue weighted by molar-refractivity contribution is -0.144. The maximum atomic E-state index is 12.0. The van der Waals surface area contributed by atoms with Crippen molar-refractivity contribution < 1.29 is 19.1 Å². The summed E-state index contributed by atoms with van der Waals surface area (Å²) >= 11 is 0. The van der Waals surface area contributed by atoms with Gasteiger partial charge in [0.1, 0.15) is 11.5 Å². The highest BCUT2D eigenvalue weighted by molar-refractivity contribution is 6.38. The molecule has 0 aliphatic rings. The van der Waals surface area contributed by atoms with Gasteiger partial charge in [0.05, 0.1) is 6.61 Å². The molecule has 0 saturated carbocycles. The second-order valence-corrected chi connectivity index (χ2v) is 7.83. The summed E-state index contributed by atoms with van der Waals surface area (Å²) in [5.41, 5.74) is 2.15. The minimum Gasteiger partial charge on any atom is -0.494 e. The second kappa shape index (κ2) is 14.0. The van der Waals surface area contributed by atoms with Gasteiger partial charge in [0.25, 0.3) is 5.78 Å². The molecule has 1 unspecified atom stereocenters. The molecular formula is C28H34O4. The Kier molecular flexibility index (Phi) is 11.0. The zero-order valence-corrected chi connectivity index (χ0v) is 19.4. The molecule has 0 radical (unpaired) electrons. The minimum absolute atomic E-state index is 0.368. The van der Waals surface area contributed by atoms with E-state index in [2.05, 4.69) is 20.8 Å². The predicted octanol–water partition coefficient (Wildman–Crippen LogP) is 6.90. The lowest BCUT2D eigenvalue weighted by Gasteiger charge is -2.09. The summed E-state index contributed by atoms with van der Waals surface area (Å²) in [6.07, 6.45) is 12.1. The monoisotopic (exact) mass is 434 g/mol. The average molecular weight is 435 g/mol. The molecule has 170 valence electrons. The van der Waals surface area contributed by atoms with Crippen LogP contribution >= 0.6 is 0 Å². The van der Waals surface area contributed by atoms with Crippen molar-refractivity contribution >= 4 is 17.8 Å². The van der Waals surface area contributed by atoms with Crippen LogP contribution in [0.1, 0.15) is 69.9 Å². The molecule has 0 bridgehead atoms. The summed E-state index contributed by atoms with van der Waals surface area (Å²) in [4.78, 5) is 24.0. The maximum absolute atomic E-state index is 12.0. The van der Waals surface area contributed by atoms with E-state index in [0.29, 0.717) is 11.7 Å². The van der Waals surface area contributed by atoms with Gasteiger partial charge < -0.3 is 9.47 Å². The maximum Gasteiger partial charge on any atom is 0.384 e. The zero-order chi connectivity index (χ0) is 23.2. The Bertz CT molecular complexity index is 892. The van der Waals surface area contributed by atoms with Crippen LogP contribution in [-0.4, -0.2) is 18.4 Å². The fourth-order valence-corrected chi connectivity index (χ4v) is 3.03. The van der Waals surface area contributed by atoms with Gasteiger partial charge in [-0.05, 0) is 60.2 Å². The summed E-state index contributed by atoms with van der Waals surface area (Å²) in [7, 11) is 0. The molecule has 4 heteroatoms. The number of unbranched alkanes of at least 4 members (excludes halogenated alkanes) is 3. The van der Waals surface area contributed by atoms with E-state index in [1.807, 2.05) is 42.5 Å². The molecule has 0 amide bonds. The molecule has 1 atom stereocenters. The number of ether oxygens (including phenoxy) is 2. The number of hydrogen-bond donors (Lipinski definition) is 0. The molecule has 0 aromatic heterocycles. The Labute approximate surface area is 191 Å². The SMILES string of the molecule is CCCCCCOc1ccc(/C=C/C=C/C(=O)C(=O)Oc2ccc(C(C)CC)cc2)cc1. The van der Waals surface area contributed by atoms with Crippen LogP contribution in [0.2, 0.25) is 0 Å². The van der Waals surface area contributed by atoms with E-state index in [9.17, 15) is 9.59 Å². The highest BCUT2D eigenvalue weighted by atomic mass is 16.5. The smallest absolute Gasteiger partial charge is 0.384 e. The van der Waals surface area contributed by atoms with Crippen LogP contribution in [0, 0.1) is 0 Å². The van der Waals surface area contributed by atoms with Gasteiger partial charge in [-0.25, -0.2) is 4.79 Å². The van der Waals surface area contributed by atoms with Gasteiger partial charge in [-0.1, -0.05) is 82.5 Å². The molecule has 0 aliphatic carbocycles. The Morgan fingerprint density at radius 3 is 2.22 bits per heavy atom. The Morgan fingerprint density at radius 1 is 0.875 bits per heavy atom. The molecule has 0 saturated heterocycles. The van der Waals surface area contributed by atoms with Gasteiger partial charge in [0.15, 0.2) is 0 Å². The first-order valence-electron chi connectivity index (χ1n) is 11.5. The molecule has 2 aromatic carbocycles. The van der Waals surface area contributed by atoms with E-state index in [4.69, 9.17) is 9.47 Å². The number of benzene rings is 2. The standard InChI is InChI=1S/C28H34O4/c1-4-6-7-10-21-31-25-17-13-23(14-18-25)11-8-9-12-27(29)28(30)32-26-19-15-24(16-20-26)22(3)5-2/h8-9,11-20,22H,4-7,10,21H2,1-3H3/b11-8+,12-9+. The van der Waals surface area contributed by atoms with Gasteiger partial charge in [-0.3, -0.25) is 4.79 Å². The van der Waals surface area contributed by atoms with Gasteiger partial charge >= 0.3 is 5.97 Å². The van der Waals surface area contributed by atoms with Crippen molar-refractivity contribution in [1.82, 2.24) is 0 Å². The van der Waals surface area contributed by atoms with E-state index in [-0.39, 0.29) is 0 Å². The molecule has 0 fully saturated rings. The normalized spacial score (nSPS) is 12.2. The number of ketones is 1. The summed E-state index contributed by atoms with van der Waals surface area (Å²) < 4.78 is 10.9. The van der Waals surface area contributed by atoms with Crippen molar-refractivity contribution in [2.24, 2.45) is 0 Å². The first-order chi connectivity index (χ1) is 15.5. The Morgan fingerprint density at radius 2 is 1.56 bits per heavy atom. The number of rotatable bonds is 13. The van der Waals surface area contributed by atoms with Gasteiger partial charge in [-0.2, -0.15) is 0 Å². The molecular weight excluding hydrogens is 400 g/mol. The van der Waals surface area contributed by atoms with Gasteiger partial charge in [0.2, 0.25) is 0 Å². The molecule has 0 aliphatic heterocycles. The molecule has 2 rings (SSSR count). The number of carbonyl (C=O) groups excluding carboxylic acids is 2. The third kappa shape index (κ3) is 8.93. The number of carbonyl (C=O) groups is 2. The third-order valence-corrected chi connectivity index (χ3v) is 5.27. The highest BCUT2D eigenvalue weighted by Crippen LogP contribution is 2.21. The fraction of sp³-hybridized carbons (Fsp3) is 0.357. The van der Waals surface area contributed by atoms with Crippen molar-refractivity contribution in [1.29, 1.82) is 0 Å². The van der Waals surface area contributed by atoms with E-state index >= 15 is 0 Å². The topological polar surface area (TPSA) is 52.6 Å². The van der Waals surface area contributed by atoms with Gasteiger partial charge in [-0.15, -0.1) is 0 Å². The highest BCUT2D eigenvalue weighted by Gasteiger charge is 2.13.